The number of rotatable bonds is 8. The van der Waals surface area contributed by atoms with Crippen molar-refractivity contribution in [3.05, 3.63) is 83.2 Å². The Morgan fingerprint density at radius 2 is 1.69 bits per heavy atom. The van der Waals surface area contributed by atoms with E-state index in [-0.39, 0.29) is 5.78 Å². The Morgan fingerprint density at radius 3 is 2.31 bits per heavy atom. The first-order valence-corrected chi connectivity index (χ1v) is 10.8. The van der Waals surface area contributed by atoms with Gasteiger partial charge in [-0.15, -0.1) is 0 Å². The number of methoxy groups -OCH3 is 1. The van der Waals surface area contributed by atoms with Gasteiger partial charge in [0.1, 0.15) is 17.1 Å². The van der Waals surface area contributed by atoms with Gasteiger partial charge in [-0.05, 0) is 67.9 Å². The van der Waals surface area contributed by atoms with E-state index >= 15 is 0 Å². The second-order valence-corrected chi connectivity index (χ2v) is 7.68. The van der Waals surface area contributed by atoms with Crippen LogP contribution in [-0.2, 0) is 6.42 Å². The Balaban J connectivity index is 1.59. The van der Waals surface area contributed by atoms with Gasteiger partial charge in [0, 0.05) is 36.3 Å². The molecule has 1 heterocycles. The van der Waals surface area contributed by atoms with E-state index in [1.54, 1.807) is 13.2 Å². The van der Waals surface area contributed by atoms with Crippen LogP contribution in [0.15, 0.2) is 60.7 Å². The van der Waals surface area contributed by atoms with Crippen LogP contribution in [0, 0.1) is 0 Å². The van der Waals surface area contributed by atoms with Gasteiger partial charge >= 0.3 is 0 Å². The Hall–Kier alpha value is -3.80. The fourth-order valence-electron chi connectivity index (χ4n) is 3.93. The first-order valence-electron chi connectivity index (χ1n) is 10.8. The number of ketones is 1. The lowest BCUT2D eigenvalue weighted by molar-refractivity contribution is 0.103. The monoisotopic (exact) mass is 428 g/mol. The average Bonchev–Trinajstić information content (AvgIpc) is 3.24. The van der Waals surface area contributed by atoms with Crippen molar-refractivity contribution in [3.8, 4) is 5.75 Å². The van der Waals surface area contributed by atoms with Crippen LogP contribution in [0.3, 0.4) is 0 Å². The van der Waals surface area contributed by atoms with Gasteiger partial charge in [0.15, 0.2) is 5.78 Å². The molecule has 0 bridgehead atoms. The number of ether oxygens (including phenoxy) is 1. The van der Waals surface area contributed by atoms with Gasteiger partial charge < -0.3 is 20.4 Å². The number of nitrogen functional groups attached to an aromatic ring is 1. The molecular weight excluding hydrogens is 400 g/mol. The van der Waals surface area contributed by atoms with E-state index < -0.39 is 0 Å². The molecule has 0 spiro atoms. The predicted molar refractivity (Wildman–Crippen MR) is 130 cm³/mol. The summed E-state index contributed by atoms with van der Waals surface area (Å²) in [6.07, 6.45) is 0.633. The lowest BCUT2D eigenvalue weighted by Gasteiger charge is -2.21. The van der Waals surface area contributed by atoms with E-state index in [0.717, 1.165) is 41.4 Å². The minimum Gasteiger partial charge on any atom is -0.497 e. The third kappa shape index (κ3) is 4.17. The number of hydrogen-bond donors (Lipinski definition) is 2. The summed E-state index contributed by atoms with van der Waals surface area (Å²) in [5.74, 6) is 1.51. The maximum atomic E-state index is 13.1. The summed E-state index contributed by atoms with van der Waals surface area (Å²) >= 11 is 0. The third-order valence-electron chi connectivity index (χ3n) is 5.78. The summed E-state index contributed by atoms with van der Waals surface area (Å²) in [7, 11) is 1.65. The van der Waals surface area contributed by atoms with Gasteiger partial charge in [-0.1, -0.05) is 12.1 Å². The van der Waals surface area contributed by atoms with Crippen molar-refractivity contribution in [3.63, 3.8) is 0 Å². The number of aromatic amines is 1. The highest BCUT2D eigenvalue weighted by Crippen LogP contribution is 2.27. The van der Waals surface area contributed by atoms with E-state index in [1.807, 2.05) is 54.6 Å². The number of imidazole rings is 1. The summed E-state index contributed by atoms with van der Waals surface area (Å²) in [6, 6.07) is 19.2. The topological polar surface area (TPSA) is 84.2 Å². The zero-order chi connectivity index (χ0) is 22.7. The van der Waals surface area contributed by atoms with E-state index in [4.69, 9.17) is 10.5 Å². The number of nitrogens with one attached hydrogen (secondary N) is 1. The van der Waals surface area contributed by atoms with Crippen LogP contribution in [0.4, 0.5) is 11.4 Å². The Morgan fingerprint density at radius 1 is 1.00 bits per heavy atom. The number of nitrogens with two attached hydrogens (primary N) is 1. The summed E-state index contributed by atoms with van der Waals surface area (Å²) < 4.78 is 5.21. The molecule has 3 aromatic carbocycles. The molecule has 1 aromatic heterocycles. The average molecular weight is 429 g/mol. The molecule has 0 fully saturated rings. The number of H-pyrrole nitrogens is 1. The first-order chi connectivity index (χ1) is 15.5. The summed E-state index contributed by atoms with van der Waals surface area (Å²) in [5.41, 5.74) is 11.5. The molecule has 4 aromatic rings. The number of benzene rings is 3. The molecule has 0 saturated carbocycles. The molecule has 0 radical (unpaired) electrons. The highest BCUT2D eigenvalue weighted by atomic mass is 16.5. The summed E-state index contributed by atoms with van der Waals surface area (Å²) in [5, 5.41) is 0. The molecule has 0 saturated heterocycles. The van der Waals surface area contributed by atoms with Gasteiger partial charge in [0.25, 0.3) is 0 Å². The van der Waals surface area contributed by atoms with Crippen molar-refractivity contribution in [2.75, 3.05) is 30.8 Å². The first kappa shape index (κ1) is 21.4. The SMILES string of the molecule is CCN(CC)c1ccc(C(=O)c2ccc3[nH]c(Cc4ccc(OC)cc4)nc3c2N)cc1. The van der Waals surface area contributed by atoms with Crippen molar-refractivity contribution in [2.45, 2.75) is 20.3 Å². The highest BCUT2D eigenvalue weighted by molar-refractivity contribution is 6.15. The number of aromatic nitrogens is 2. The molecule has 0 aliphatic rings. The largest absolute Gasteiger partial charge is 0.497 e. The highest BCUT2D eigenvalue weighted by Gasteiger charge is 2.17. The second-order valence-electron chi connectivity index (χ2n) is 7.68. The molecular formula is C26H28N4O2. The number of hydrogen-bond acceptors (Lipinski definition) is 5. The molecule has 32 heavy (non-hydrogen) atoms. The lowest BCUT2D eigenvalue weighted by Crippen LogP contribution is -2.21. The molecule has 164 valence electrons. The molecule has 0 unspecified atom stereocenters. The predicted octanol–water partition coefficient (Wildman–Crippen LogP) is 4.82. The Kier molecular flexibility index (Phi) is 6.12. The zero-order valence-corrected chi connectivity index (χ0v) is 18.7. The van der Waals surface area contributed by atoms with Crippen molar-refractivity contribution in [1.82, 2.24) is 9.97 Å². The quantitative estimate of drug-likeness (QED) is 0.310. The van der Waals surface area contributed by atoms with Gasteiger partial charge in [-0.3, -0.25) is 4.79 Å². The van der Waals surface area contributed by atoms with Crippen LogP contribution in [0.2, 0.25) is 0 Å². The minimum atomic E-state index is -0.102. The maximum Gasteiger partial charge on any atom is 0.195 e. The van der Waals surface area contributed by atoms with E-state index in [9.17, 15) is 4.79 Å². The summed E-state index contributed by atoms with van der Waals surface area (Å²) in [6.45, 7) is 6.08. The lowest BCUT2D eigenvalue weighted by atomic mass is 10.0. The summed E-state index contributed by atoms with van der Waals surface area (Å²) in [4.78, 5) is 23.4. The molecule has 3 N–H and O–H groups in total. The van der Waals surface area contributed by atoms with Crippen molar-refractivity contribution in [2.24, 2.45) is 0 Å². The molecule has 0 atom stereocenters. The maximum absolute atomic E-state index is 13.1. The van der Waals surface area contributed by atoms with E-state index in [2.05, 4.69) is 28.7 Å². The number of fused-ring (bicyclic) bond motifs is 1. The van der Waals surface area contributed by atoms with Crippen LogP contribution in [0.5, 0.6) is 5.75 Å². The van der Waals surface area contributed by atoms with Crippen LogP contribution < -0.4 is 15.4 Å². The number of anilines is 2. The fraction of sp³-hybridized carbons (Fsp3) is 0.231. The smallest absolute Gasteiger partial charge is 0.195 e. The van der Waals surface area contributed by atoms with Crippen molar-refractivity contribution in [1.29, 1.82) is 0 Å². The second kappa shape index (κ2) is 9.14. The molecule has 0 aliphatic carbocycles. The van der Waals surface area contributed by atoms with E-state index in [1.165, 1.54) is 0 Å². The normalized spacial score (nSPS) is 11.0. The van der Waals surface area contributed by atoms with Crippen LogP contribution in [0.1, 0.15) is 41.2 Å². The molecule has 6 heteroatoms. The number of carbonyl (C=O) groups is 1. The standard InChI is InChI=1S/C26H28N4O2/c1-4-30(5-2)19-10-8-18(9-11-19)26(31)21-14-15-22-25(24(21)27)29-23(28-22)16-17-6-12-20(32-3)13-7-17/h6-15H,4-5,16,27H2,1-3H3,(H,28,29). The van der Waals surface area contributed by atoms with Gasteiger partial charge in [0.05, 0.1) is 18.3 Å². The Labute approximate surface area is 188 Å². The Bertz CT molecular complexity index is 1220. The minimum absolute atomic E-state index is 0.102. The molecule has 0 amide bonds. The van der Waals surface area contributed by atoms with Crippen LogP contribution in [0.25, 0.3) is 11.0 Å². The van der Waals surface area contributed by atoms with Gasteiger partial charge in [-0.25, -0.2) is 4.98 Å². The van der Waals surface area contributed by atoms with Crippen LogP contribution >= 0.6 is 0 Å². The van der Waals surface area contributed by atoms with Crippen molar-refractivity contribution < 1.29 is 9.53 Å². The zero-order valence-electron chi connectivity index (χ0n) is 18.7. The molecule has 6 nitrogen and oxygen atoms in total. The number of carbonyl (C=O) groups excluding carboxylic acids is 1. The third-order valence-corrected chi connectivity index (χ3v) is 5.78. The molecule has 4 rings (SSSR count). The van der Waals surface area contributed by atoms with Crippen molar-refractivity contribution >= 4 is 28.2 Å². The van der Waals surface area contributed by atoms with Gasteiger partial charge in [-0.2, -0.15) is 0 Å². The number of nitrogens with zero attached hydrogens (tertiary/aromatic N) is 2. The fourth-order valence-corrected chi connectivity index (χ4v) is 3.93. The van der Waals surface area contributed by atoms with Crippen LogP contribution in [-0.4, -0.2) is 36.0 Å². The van der Waals surface area contributed by atoms with E-state index in [0.29, 0.717) is 28.8 Å². The molecule has 0 aliphatic heterocycles. The van der Waals surface area contributed by atoms with Gasteiger partial charge in [0.2, 0.25) is 0 Å².